The van der Waals surface area contributed by atoms with E-state index < -0.39 is 17.3 Å². The molecule has 176 valence electrons. The maximum atomic E-state index is 13.3. The zero-order valence-corrected chi connectivity index (χ0v) is 19.2. The second-order valence-corrected chi connectivity index (χ2v) is 10.0. The van der Waals surface area contributed by atoms with Crippen LogP contribution in [0.25, 0.3) is 11.7 Å². The first-order chi connectivity index (χ1) is 15.8. The van der Waals surface area contributed by atoms with Crippen LogP contribution in [0, 0.1) is 11.8 Å². The highest BCUT2D eigenvalue weighted by atomic mass is 16.3. The molecule has 1 unspecified atom stereocenters. The van der Waals surface area contributed by atoms with Crippen molar-refractivity contribution in [1.29, 1.82) is 0 Å². The summed E-state index contributed by atoms with van der Waals surface area (Å²) in [6, 6.07) is 0.388. The quantitative estimate of drug-likeness (QED) is 0.625. The van der Waals surface area contributed by atoms with Gasteiger partial charge in [0, 0.05) is 36.8 Å². The first-order valence-electron chi connectivity index (χ1n) is 12.0. The number of hydrogen-bond donors (Lipinski definition) is 2. The number of nitrogens with zero attached hydrogens (tertiary/aromatic N) is 4. The van der Waals surface area contributed by atoms with E-state index in [9.17, 15) is 19.5 Å². The lowest BCUT2D eigenvalue weighted by atomic mass is 10.1. The summed E-state index contributed by atoms with van der Waals surface area (Å²) in [5.74, 6) is -0.344. The topological polar surface area (TPSA) is 109 Å². The van der Waals surface area contributed by atoms with E-state index in [0.717, 1.165) is 32.2 Å². The molecule has 0 radical (unpaired) electrons. The van der Waals surface area contributed by atoms with Gasteiger partial charge in [-0.15, -0.1) is 0 Å². The highest BCUT2D eigenvalue weighted by Crippen LogP contribution is 2.40. The molecule has 5 rings (SSSR count). The molecule has 3 aliphatic rings. The van der Waals surface area contributed by atoms with E-state index >= 15 is 0 Å². The van der Waals surface area contributed by atoms with Crippen LogP contribution in [0.3, 0.4) is 0 Å². The van der Waals surface area contributed by atoms with Gasteiger partial charge in [-0.3, -0.25) is 19.0 Å². The molecule has 2 aliphatic carbocycles. The summed E-state index contributed by atoms with van der Waals surface area (Å²) < 4.78 is 2.70. The molecule has 2 aromatic heterocycles. The molecule has 0 spiro atoms. The van der Waals surface area contributed by atoms with E-state index in [2.05, 4.69) is 10.4 Å². The lowest BCUT2D eigenvalue weighted by Crippen LogP contribution is -2.36. The highest BCUT2D eigenvalue weighted by molar-refractivity contribution is 5.97. The largest absolute Gasteiger partial charge is 0.492 e. The minimum absolute atomic E-state index is 0.0360. The summed E-state index contributed by atoms with van der Waals surface area (Å²) >= 11 is 0. The van der Waals surface area contributed by atoms with Crippen LogP contribution in [0.15, 0.2) is 17.1 Å². The lowest BCUT2D eigenvalue weighted by molar-refractivity contribution is -0.127. The monoisotopic (exact) mass is 453 g/mol. The summed E-state index contributed by atoms with van der Waals surface area (Å²) in [5.41, 5.74) is 0.0712. The van der Waals surface area contributed by atoms with Crippen molar-refractivity contribution in [1.82, 2.24) is 24.4 Å². The Labute approximate surface area is 192 Å². The first kappa shape index (κ1) is 21.7. The Bertz CT molecular complexity index is 1190. The van der Waals surface area contributed by atoms with Gasteiger partial charge in [-0.25, -0.2) is 0 Å². The van der Waals surface area contributed by atoms with E-state index in [-0.39, 0.29) is 23.4 Å². The molecule has 9 nitrogen and oxygen atoms in total. The Morgan fingerprint density at radius 1 is 1.24 bits per heavy atom. The minimum Gasteiger partial charge on any atom is -0.492 e. The zero-order chi connectivity index (χ0) is 23.3. The van der Waals surface area contributed by atoms with Crippen LogP contribution in [0.4, 0.5) is 0 Å². The predicted molar refractivity (Wildman–Crippen MR) is 123 cm³/mol. The molecule has 2 saturated carbocycles. The predicted octanol–water partition coefficient (Wildman–Crippen LogP) is 2.16. The maximum Gasteiger partial charge on any atom is 0.270 e. The molecule has 0 bridgehead atoms. The van der Waals surface area contributed by atoms with Crippen LogP contribution < -0.4 is 10.9 Å². The molecule has 3 fully saturated rings. The molecule has 2 aromatic rings. The number of carbonyl (C=O) groups excluding carboxylic acids is 2. The number of aromatic nitrogens is 3. The number of fused-ring (bicyclic) bond motifs is 1. The van der Waals surface area contributed by atoms with Crippen LogP contribution in [0.2, 0.25) is 0 Å². The van der Waals surface area contributed by atoms with Crippen LogP contribution in [0.5, 0.6) is 5.88 Å². The van der Waals surface area contributed by atoms with Gasteiger partial charge in [-0.2, -0.15) is 9.61 Å². The number of amides is 2. The van der Waals surface area contributed by atoms with Crippen molar-refractivity contribution >= 4 is 23.5 Å². The summed E-state index contributed by atoms with van der Waals surface area (Å²) in [7, 11) is 0. The van der Waals surface area contributed by atoms with Crippen molar-refractivity contribution in [3.05, 3.63) is 33.8 Å². The van der Waals surface area contributed by atoms with Crippen molar-refractivity contribution < 1.29 is 14.7 Å². The Kier molecular flexibility index (Phi) is 5.50. The van der Waals surface area contributed by atoms with Gasteiger partial charge >= 0.3 is 0 Å². The van der Waals surface area contributed by atoms with Gasteiger partial charge in [0.1, 0.15) is 5.65 Å². The van der Waals surface area contributed by atoms with Gasteiger partial charge in [0.05, 0.1) is 6.20 Å². The van der Waals surface area contributed by atoms with Crippen LogP contribution in [-0.4, -0.2) is 54.6 Å². The zero-order valence-electron chi connectivity index (χ0n) is 19.2. The fourth-order valence-corrected chi connectivity index (χ4v) is 4.84. The first-order valence-corrected chi connectivity index (χ1v) is 12.0. The van der Waals surface area contributed by atoms with Gasteiger partial charge in [0.25, 0.3) is 11.5 Å². The number of carbonyl (C=O) groups is 2. The van der Waals surface area contributed by atoms with Gasteiger partial charge in [0.15, 0.2) is 5.56 Å². The van der Waals surface area contributed by atoms with Crippen LogP contribution in [0.1, 0.15) is 68.3 Å². The van der Waals surface area contributed by atoms with Crippen molar-refractivity contribution in [2.75, 3.05) is 6.54 Å². The maximum absolute atomic E-state index is 13.3. The van der Waals surface area contributed by atoms with Crippen molar-refractivity contribution in [3.63, 3.8) is 0 Å². The van der Waals surface area contributed by atoms with Crippen molar-refractivity contribution in [2.45, 2.75) is 71.0 Å². The Morgan fingerprint density at radius 3 is 2.67 bits per heavy atom. The van der Waals surface area contributed by atoms with Crippen LogP contribution in [-0.2, 0) is 11.3 Å². The Balaban J connectivity index is 1.51. The molecular weight excluding hydrogens is 422 g/mol. The third kappa shape index (κ3) is 4.16. The standard InChI is InChI=1S/C24H31N5O4/c1-14(2)13-28-22-16(7-10-19(30)27-11-3-4-18(27)15-5-6-15)12-25-29(22)24(33)20(23(28)32)21(31)26-17-8-9-17/h7,10,12,14-15,17-18,33H,3-6,8-9,11,13H2,1-2H3,(H,26,31)/b10-7+. The molecule has 2 amide bonds. The Morgan fingerprint density at radius 2 is 2.00 bits per heavy atom. The highest BCUT2D eigenvalue weighted by Gasteiger charge is 2.39. The minimum atomic E-state index is -0.581. The van der Waals surface area contributed by atoms with E-state index in [0.29, 0.717) is 29.7 Å². The average molecular weight is 454 g/mol. The third-order valence-corrected chi connectivity index (χ3v) is 6.75. The van der Waals surface area contributed by atoms with E-state index in [1.807, 2.05) is 18.7 Å². The normalized spacial score (nSPS) is 20.9. The average Bonchev–Trinajstić information content (AvgIpc) is 3.69. The summed E-state index contributed by atoms with van der Waals surface area (Å²) in [6.07, 6.45) is 10.9. The summed E-state index contributed by atoms with van der Waals surface area (Å²) in [5, 5.41) is 17.8. The molecule has 0 aromatic carbocycles. The fraction of sp³-hybridized carbons (Fsp3) is 0.583. The van der Waals surface area contributed by atoms with Gasteiger partial charge in [-0.1, -0.05) is 13.8 Å². The molecule has 33 heavy (non-hydrogen) atoms. The molecule has 1 aliphatic heterocycles. The number of nitrogens with one attached hydrogen (secondary N) is 1. The number of aromatic hydroxyl groups is 1. The second-order valence-electron chi connectivity index (χ2n) is 10.0. The summed E-state index contributed by atoms with van der Waals surface area (Å²) in [6.45, 7) is 5.07. The van der Waals surface area contributed by atoms with Gasteiger partial charge in [0.2, 0.25) is 11.8 Å². The second kappa shape index (κ2) is 8.35. The van der Waals surface area contributed by atoms with Gasteiger partial charge in [-0.05, 0) is 56.4 Å². The molecule has 1 atom stereocenters. The summed E-state index contributed by atoms with van der Waals surface area (Å²) in [4.78, 5) is 40.9. The SMILES string of the molecule is CC(C)Cn1c(=O)c(C(=O)NC2CC2)c(O)n2ncc(/C=C/C(=O)N3CCCC3C3CC3)c12. The van der Waals surface area contributed by atoms with Gasteiger partial charge < -0.3 is 15.3 Å². The van der Waals surface area contributed by atoms with E-state index in [1.165, 1.54) is 34.2 Å². The smallest absolute Gasteiger partial charge is 0.270 e. The number of rotatable bonds is 7. The molecule has 9 heteroatoms. The number of likely N-dealkylation sites (tertiary alicyclic amines) is 1. The van der Waals surface area contributed by atoms with Crippen LogP contribution >= 0.6 is 0 Å². The van der Waals surface area contributed by atoms with Crippen molar-refractivity contribution in [2.24, 2.45) is 11.8 Å². The molecule has 1 saturated heterocycles. The van der Waals surface area contributed by atoms with Crippen molar-refractivity contribution in [3.8, 4) is 5.88 Å². The molecule has 2 N–H and O–H groups in total. The van der Waals surface area contributed by atoms with E-state index in [1.54, 1.807) is 6.08 Å². The number of hydrogen-bond acceptors (Lipinski definition) is 5. The third-order valence-electron chi connectivity index (χ3n) is 6.75. The molecular formula is C24H31N5O4. The lowest BCUT2D eigenvalue weighted by Gasteiger charge is -2.23. The fourth-order valence-electron chi connectivity index (χ4n) is 4.84. The Hall–Kier alpha value is -3.10. The van der Waals surface area contributed by atoms with E-state index in [4.69, 9.17) is 0 Å². The molecule has 3 heterocycles.